The van der Waals surface area contributed by atoms with Gasteiger partial charge in [-0.15, -0.1) is 0 Å². The Balaban J connectivity index is 1.38. The van der Waals surface area contributed by atoms with Crippen molar-refractivity contribution < 1.29 is 9.53 Å². The molecule has 0 spiro atoms. The second kappa shape index (κ2) is 9.26. The molecule has 4 aromatic rings. The summed E-state index contributed by atoms with van der Waals surface area (Å²) in [6.45, 7) is 3.58. The first-order valence-electron chi connectivity index (χ1n) is 10.3. The van der Waals surface area contributed by atoms with Crippen LogP contribution in [0, 0.1) is 0 Å². The molecular formula is C27H24N2O2. The molecule has 4 heteroatoms. The van der Waals surface area contributed by atoms with Gasteiger partial charge < -0.3 is 4.74 Å². The Morgan fingerprint density at radius 3 is 2.19 bits per heavy atom. The molecule has 154 valence electrons. The number of rotatable bonds is 6. The number of benzene rings is 4. The Morgan fingerprint density at radius 1 is 0.806 bits per heavy atom. The largest absolute Gasteiger partial charge is 0.481 e. The first kappa shape index (κ1) is 20.4. The normalized spacial score (nSPS) is 12.4. The fourth-order valence-corrected chi connectivity index (χ4v) is 3.33. The third-order valence-corrected chi connectivity index (χ3v) is 5.15. The maximum atomic E-state index is 12.4. The number of hydrogen-bond donors (Lipinski definition) is 1. The third-order valence-electron chi connectivity index (χ3n) is 5.15. The number of fused-ring (bicyclic) bond motifs is 1. The van der Waals surface area contributed by atoms with Crippen molar-refractivity contribution in [1.82, 2.24) is 5.43 Å². The van der Waals surface area contributed by atoms with Crippen LogP contribution in [0.2, 0.25) is 0 Å². The molecule has 4 nitrogen and oxygen atoms in total. The van der Waals surface area contributed by atoms with Crippen LogP contribution in [0.4, 0.5) is 0 Å². The summed E-state index contributed by atoms with van der Waals surface area (Å²) in [5.41, 5.74) is 6.58. The van der Waals surface area contributed by atoms with Crippen LogP contribution >= 0.6 is 0 Å². The average molecular weight is 409 g/mol. The highest BCUT2D eigenvalue weighted by Gasteiger charge is 2.14. The minimum absolute atomic E-state index is 0.298. The van der Waals surface area contributed by atoms with Crippen LogP contribution in [0.5, 0.6) is 5.75 Å². The molecule has 0 aromatic heterocycles. The van der Waals surface area contributed by atoms with E-state index in [0.29, 0.717) is 5.75 Å². The van der Waals surface area contributed by atoms with Crippen LogP contribution in [0.1, 0.15) is 19.4 Å². The van der Waals surface area contributed by atoms with E-state index in [9.17, 15) is 4.79 Å². The van der Waals surface area contributed by atoms with Crippen LogP contribution in [0.3, 0.4) is 0 Å². The second-order valence-electron chi connectivity index (χ2n) is 7.39. The number of carbonyl (C=O) groups is 1. The van der Waals surface area contributed by atoms with E-state index in [0.717, 1.165) is 33.2 Å². The van der Waals surface area contributed by atoms with Gasteiger partial charge in [-0.1, -0.05) is 84.9 Å². The molecule has 0 aliphatic heterocycles. The standard InChI is InChI=1S/C27H24N2O2/c1-19(21-12-14-24(15-13-21)22-8-4-3-5-9-22)28-29-27(30)20(2)31-26-17-16-23-10-6-7-11-25(23)18-26/h3-18,20H,1-2H3,(H,29,30)/b28-19+/t20-/m0/s1. The molecular weight excluding hydrogens is 384 g/mol. The van der Waals surface area contributed by atoms with Gasteiger partial charge in [0.2, 0.25) is 0 Å². The number of ether oxygens (including phenoxy) is 1. The molecule has 0 aliphatic carbocycles. The van der Waals surface area contributed by atoms with Crippen LogP contribution in [0.25, 0.3) is 21.9 Å². The lowest BCUT2D eigenvalue weighted by atomic mass is 10.0. The Hall–Kier alpha value is -3.92. The average Bonchev–Trinajstić information content (AvgIpc) is 2.83. The van der Waals surface area contributed by atoms with Crippen molar-refractivity contribution in [2.24, 2.45) is 5.10 Å². The van der Waals surface area contributed by atoms with E-state index in [1.54, 1.807) is 6.92 Å². The number of nitrogens with zero attached hydrogens (tertiary/aromatic N) is 1. The molecule has 0 aliphatic rings. The van der Waals surface area contributed by atoms with Gasteiger partial charge >= 0.3 is 0 Å². The molecule has 0 saturated carbocycles. The molecule has 0 radical (unpaired) electrons. The maximum absolute atomic E-state index is 12.4. The van der Waals surface area contributed by atoms with Gasteiger partial charge in [-0.2, -0.15) is 5.10 Å². The quantitative estimate of drug-likeness (QED) is 0.323. The zero-order valence-corrected chi connectivity index (χ0v) is 17.6. The van der Waals surface area contributed by atoms with Crippen LogP contribution in [-0.4, -0.2) is 17.7 Å². The van der Waals surface area contributed by atoms with E-state index in [1.165, 1.54) is 0 Å². The van der Waals surface area contributed by atoms with Crippen molar-refractivity contribution >= 4 is 22.4 Å². The first-order chi connectivity index (χ1) is 15.1. The van der Waals surface area contributed by atoms with E-state index in [2.05, 4.69) is 34.8 Å². The number of hydrazone groups is 1. The molecule has 1 N–H and O–H groups in total. The lowest BCUT2D eigenvalue weighted by Crippen LogP contribution is -2.33. The Bertz CT molecular complexity index is 1210. The first-order valence-corrected chi connectivity index (χ1v) is 10.3. The zero-order valence-electron chi connectivity index (χ0n) is 17.6. The topological polar surface area (TPSA) is 50.7 Å². The zero-order chi connectivity index (χ0) is 21.6. The summed E-state index contributed by atoms with van der Waals surface area (Å²) in [4.78, 5) is 12.4. The summed E-state index contributed by atoms with van der Waals surface area (Å²) in [5, 5.41) is 6.45. The Morgan fingerprint density at radius 2 is 1.45 bits per heavy atom. The minimum atomic E-state index is -0.668. The highest BCUT2D eigenvalue weighted by molar-refractivity contribution is 5.99. The lowest BCUT2D eigenvalue weighted by molar-refractivity contribution is -0.127. The second-order valence-corrected chi connectivity index (χ2v) is 7.39. The lowest BCUT2D eigenvalue weighted by Gasteiger charge is -2.14. The van der Waals surface area contributed by atoms with Crippen molar-refractivity contribution in [2.75, 3.05) is 0 Å². The van der Waals surface area contributed by atoms with Gasteiger partial charge in [-0.25, -0.2) is 5.43 Å². The molecule has 0 unspecified atom stereocenters. The Kier molecular flexibility index (Phi) is 6.08. The summed E-state index contributed by atoms with van der Waals surface area (Å²) >= 11 is 0. The van der Waals surface area contributed by atoms with Crippen LogP contribution in [-0.2, 0) is 4.79 Å². The number of carbonyl (C=O) groups excluding carboxylic acids is 1. The van der Waals surface area contributed by atoms with Gasteiger partial charge in [-0.05, 0) is 53.4 Å². The highest BCUT2D eigenvalue weighted by Crippen LogP contribution is 2.22. The molecule has 31 heavy (non-hydrogen) atoms. The summed E-state index contributed by atoms with van der Waals surface area (Å²) in [7, 11) is 0. The van der Waals surface area contributed by atoms with Gasteiger partial charge in [0.1, 0.15) is 5.75 Å². The van der Waals surface area contributed by atoms with Crippen molar-refractivity contribution in [2.45, 2.75) is 20.0 Å². The molecule has 4 rings (SSSR count). The fraction of sp³-hybridized carbons (Fsp3) is 0.111. The Labute approximate surface area is 182 Å². The van der Waals surface area contributed by atoms with Crippen molar-refractivity contribution in [3.8, 4) is 16.9 Å². The molecule has 0 heterocycles. The number of nitrogens with one attached hydrogen (secondary N) is 1. The summed E-state index contributed by atoms with van der Waals surface area (Å²) in [5.74, 6) is 0.354. The van der Waals surface area contributed by atoms with Crippen molar-refractivity contribution in [1.29, 1.82) is 0 Å². The molecule has 0 fully saturated rings. The molecule has 1 amide bonds. The van der Waals surface area contributed by atoms with Gasteiger partial charge in [0.25, 0.3) is 5.91 Å². The predicted octanol–water partition coefficient (Wildman–Crippen LogP) is 5.81. The van der Waals surface area contributed by atoms with Crippen LogP contribution < -0.4 is 10.2 Å². The number of amides is 1. The predicted molar refractivity (Wildman–Crippen MR) is 126 cm³/mol. The van der Waals surface area contributed by atoms with Gasteiger partial charge in [-0.3, -0.25) is 4.79 Å². The molecule has 0 saturated heterocycles. The smallest absolute Gasteiger partial charge is 0.280 e. The minimum Gasteiger partial charge on any atom is -0.481 e. The summed E-state index contributed by atoms with van der Waals surface area (Å²) in [6, 6.07) is 32.1. The van der Waals surface area contributed by atoms with E-state index in [4.69, 9.17) is 4.74 Å². The summed E-state index contributed by atoms with van der Waals surface area (Å²) in [6.07, 6.45) is -0.668. The molecule has 4 aromatic carbocycles. The van der Waals surface area contributed by atoms with E-state index in [1.807, 2.05) is 79.7 Å². The van der Waals surface area contributed by atoms with E-state index >= 15 is 0 Å². The maximum Gasteiger partial charge on any atom is 0.280 e. The van der Waals surface area contributed by atoms with Crippen LogP contribution in [0.15, 0.2) is 102 Å². The van der Waals surface area contributed by atoms with Crippen molar-refractivity contribution in [3.05, 3.63) is 103 Å². The number of hydrogen-bond acceptors (Lipinski definition) is 3. The molecule has 1 atom stereocenters. The van der Waals surface area contributed by atoms with Gasteiger partial charge in [0.05, 0.1) is 5.71 Å². The SMILES string of the molecule is C/C(=N\NC(=O)[C@H](C)Oc1ccc2ccccc2c1)c1ccc(-c2ccccc2)cc1. The molecule has 0 bridgehead atoms. The van der Waals surface area contributed by atoms with E-state index in [-0.39, 0.29) is 5.91 Å². The van der Waals surface area contributed by atoms with Crippen molar-refractivity contribution in [3.63, 3.8) is 0 Å². The summed E-state index contributed by atoms with van der Waals surface area (Å²) < 4.78 is 5.81. The van der Waals surface area contributed by atoms with E-state index < -0.39 is 6.10 Å². The monoisotopic (exact) mass is 408 g/mol. The van der Waals surface area contributed by atoms with Gasteiger partial charge in [0, 0.05) is 0 Å². The fourth-order valence-electron chi connectivity index (χ4n) is 3.33. The highest BCUT2D eigenvalue weighted by atomic mass is 16.5. The third kappa shape index (κ3) is 4.98. The van der Waals surface area contributed by atoms with Gasteiger partial charge in [0.15, 0.2) is 6.10 Å².